The summed E-state index contributed by atoms with van der Waals surface area (Å²) in [6.45, 7) is 0.800. The topological polar surface area (TPSA) is 47.3 Å². The molecule has 15 heavy (non-hydrogen) atoms. The molecule has 4 nitrogen and oxygen atoms in total. The summed E-state index contributed by atoms with van der Waals surface area (Å²) >= 11 is 0. The molecule has 84 valence electrons. The lowest BCUT2D eigenvalue weighted by molar-refractivity contribution is -0.00501. The minimum Gasteiger partial charge on any atom is -0.390 e. The Hall–Kier alpha value is -0.870. The Labute approximate surface area is 89.9 Å². The highest BCUT2D eigenvalue weighted by molar-refractivity contribution is 5.03. The van der Waals surface area contributed by atoms with Crippen LogP contribution in [0.4, 0.5) is 0 Å². The first kappa shape index (κ1) is 10.6. The van der Waals surface area contributed by atoms with Crippen molar-refractivity contribution in [2.45, 2.75) is 37.9 Å². The Morgan fingerprint density at radius 3 is 3.20 bits per heavy atom. The van der Waals surface area contributed by atoms with Gasteiger partial charge in [-0.15, -0.1) is 0 Å². The summed E-state index contributed by atoms with van der Waals surface area (Å²) in [5.41, 5.74) is 1.18. The number of aromatic nitrogens is 2. The minimum atomic E-state index is -0.326. The third-order valence-corrected chi connectivity index (χ3v) is 2.88. The molecule has 2 heterocycles. The normalized spacial score (nSPS) is 23.2. The van der Waals surface area contributed by atoms with E-state index in [1.54, 1.807) is 4.68 Å². The van der Waals surface area contributed by atoms with E-state index in [-0.39, 0.29) is 12.2 Å². The highest BCUT2D eigenvalue weighted by Gasteiger charge is 2.23. The standard InChI is InChI=1S/C11H18N2O2/c1-13-8-9(7-12-13)4-5-10(14)11-3-2-6-15-11/h7-8,10-11,14H,2-6H2,1H3. The van der Waals surface area contributed by atoms with Gasteiger partial charge in [-0.2, -0.15) is 5.10 Å². The second kappa shape index (κ2) is 4.77. The smallest absolute Gasteiger partial charge is 0.0834 e. The third-order valence-electron chi connectivity index (χ3n) is 2.88. The molecule has 2 rings (SSSR count). The van der Waals surface area contributed by atoms with E-state index in [2.05, 4.69) is 5.10 Å². The molecule has 1 fully saturated rings. The monoisotopic (exact) mass is 210 g/mol. The Kier molecular flexibility index (Phi) is 3.38. The fraction of sp³-hybridized carbons (Fsp3) is 0.727. The summed E-state index contributed by atoms with van der Waals surface area (Å²) < 4.78 is 7.22. The largest absolute Gasteiger partial charge is 0.390 e. The van der Waals surface area contributed by atoms with Gasteiger partial charge in [-0.05, 0) is 31.2 Å². The Morgan fingerprint density at radius 2 is 2.60 bits per heavy atom. The van der Waals surface area contributed by atoms with Gasteiger partial charge >= 0.3 is 0 Å². The summed E-state index contributed by atoms with van der Waals surface area (Å²) in [6, 6.07) is 0. The van der Waals surface area contributed by atoms with E-state index in [1.807, 2.05) is 19.4 Å². The summed E-state index contributed by atoms with van der Waals surface area (Å²) in [5.74, 6) is 0. The third kappa shape index (κ3) is 2.79. The van der Waals surface area contributed by atoms with Gasteiger partial charge in [0, 0.05) is 19.9 Å². The lowest BCUT2D eigenvalue weighted by Gasteiger charge is -2.16. The predicted molar refractivity (Wildman–Crippen MR) is 56.5 cm³/mol. The van der Waals surface area contributed by atoms with Gasteiger partial charge in [0.2, 0.25) is 0 Å². The van der Waals surface area contributed by atoms with Crippen molar-refractivity contribution in [3.8, 4) is 0 Å². The van der Waals surface area contributed by atoms with Crippen LogP contribution in [0.1, 0.15) is 24.8 Å². The number of hydrogen-bond donors (Lipinski definition) is 1. The van der Waals surface area contributed by atoms with Crippen LogP contribution in [-0.4, -0.2) is 33.7 Å². The van der Waals surface area contributed by atoms with Crippen LogP contribution in [0.2, 0.25) is 0 Å². The highest BCUT2D eigenvalue weighted by atomic mass is 16.5. The van der Waals surface area contributed by atoms with Crippen LogP contribution >= 0.6 is 0 Å². The fourth-order valence-corrected chi connectivity index (χ4v) is 2.01. The predicted octanol–water partition coefficient (Wildman–Crippen LogP) is 0.893. The van der Waals surface area contributed by atoms with Crippen LogP contribution in [0.15, 0.2) is 12.4 Å². The van der Waals surface area contributed by atoms with E-state index in [9.17, 15) is 5.11 Å². The lowest BCUT2D eigenvalue weighted by atomic mass is 10.0. The van der Waals surface area contributed by atoms with Gasteiger partial charge < -0.3 is 9.84 Å². The molecule has 1 aromatic rings. The zero-order valence-electron chi connectivity index (χ0n) is 9.09. The van der Waals surface area contributed by atoms with Gasteiger partial charge in [-0.1, -0.05) is 0 Å². The first-order valence-electron chi connectivity index (χ1n) is 5.53. The summed E-state index contributed by atoms with van der Waals surface area (Å²) in [4.78, 5) is 0. The van der Waals surface area contributed by atoms with E-state index >= 15 is 0 Å². The lowest BCUT2D eigenvalue weighted by Crippen LogP contribution is -2.25. The molecule has 0 bridgehead atoms. The number of hydrogen-bond acceptors (Lipinski definition) is 3. The summed E-state index contributed by atoms with van der Waals surface area (Å²) in [7, 11) is 1.90. The second-order valence-electron chi connectivity index (χ2n) is 4.18. The van der Waals surface area contributed by atoms with Crippen molar-refractivity contribution in [1.29, 1.82) is 0 Å². The first-order valence-corrected chi connectivity index (χ1v) is 5.53. The van der Waals surface area contributed by atoms with Crippen molar-refractivity contribution in [3.63, 3.8) is 0 Å². The van der Waals surface area contributed by atoms with Crippen molar-refractivity contribution in [3.05, 3.63) is 18.0 Å². The molecule has 0 saturated carbocycles. The molecular formula is C11H18N2O2. The maximum absolute atomic E-state index is 9.86. The van der Waals surface area contributed by atoms with Crippen LogP contribution in [0.25, 0.3) is 0 Å². The quantitative estimate of drug-likeness (QED) is 0.803. The van der Waals surface area contributed by atoms with Crippen LogP contribution in [0.5, 0.6) is 0 Å². The maximum atomic E-state index is 9.86. The molecule has 1 aliphatic rings. The van der Waals surface area contributed by atoms with Gasteiger partial charge in [0.25, 0.3) is 0 Å². The number of nitrogens with zero attached hydrogens (tertiary/aromatic N) is 2. The van der Waals surface area contributed by atoms with E-state index in [0.717, 1.165) is 32.3 Å². The first-order chi connectivity index (χ1) is 7.25. The molecule has 1 saturated heterocycles. The molecule has 1 aliphatic heterocycles. The molecule has 0 spiro atoms. The van der Waals surface area contributed by atoms with Crippen LogP contribution in [-0.2, 0) is 18.2 Å². The Bertz CT molecular complexity index is 305. The number of aliphatic hydroxyl groups excluding tert-OH is 1. The highest BCUT2D eigenvalue weighted by Crippen LogP contribution is 2.18. The number of aryl methyl sites for hydroxylation is 2. The minimum absolute atomic E-state index is 0.0571. The van der Waals surface area contributed by atoms with Gasteiger partial charge in [-0.3, -0.25) is 4.68 Å². The van der Waals surface area contributed by atoms with E-state index in [0.29, 0.717) is 0 Å². The summed E-state index contributed by atoms with van der Waals surface area (Å²) in [6.07, 6.45) is 7.27. The van der Waals surface area contributed by atoms with Gasteiger partial charge in [0.1, 0.15) is 0 Å². The molecule has 0 aliphatic carbocycles. The molecule has 0 radical (unpaired) electrons. The second-order valence-corrected chi connectivity index (χ2v) is 4.18. The number of ether oxygens (including phenoxy) is 1. The van der Waals surface area contributed by atoms with Crippen molar-refractivity contribution >= 4 is 0 Å². The van der Waals surface area contributed by atoms with E-state index in [4.69, 9.17) is 4.74 Å². The van der Waals surface area contributed by atoms with Gasteiger partial charge in [0.15, 0.2) is 0 Å². The fourth-order valence-electron chi connectivity index (χ4n) is 2.01. The van der Waals surface area contributed by atoms with Crippen molar-refractivity contribution < 1.29 is 9.84 Å². The summed E-state index contributed by atoms with van der Waals surface area (Å²) in [5, 5.41) is 14.0. The zero-order chi connectivity index (χ0) is 10.7. The van der Waals surface area contributed by atoms with Gasteiger partial charge in [-0.25, -0.2) is 0 Å². The molecular weight excluding hydrogens is 192 g/mol. The van der Waals surface area contributed by atoms with Crippen molar-refractivity contribution in [1.82, 2.24) is 9.78 Å². The van der Waals surface area contributed by atoms with Crippen molar-refractivity contribution in [2.75, 3.05) is 6.61 Å². The van der Waals surface area contributed by atoms with Crippen LogP contribution < -0.4 is 0 Å². The van der Waals surface area contributed by atoms with Crippen LogP contribution in [0.3, 0.4) is 0 Å². The molecule has 1 aromatic heterocycles. The SMILES string of the molecule is Cn1cc(CCC(O)C2CCCO2)cn1. The Morgan fingerprint density at radius 1 is 1.73 bits per heavy atom. The van der Waals surface area contributed by atoms with Crippen molar-refractivity contribution in [2.24, 2.45) is 7.05 Å². The van der Waals surface area contributed by atoms with Crippen LogP contribution in [0, 0.1) is 0 Å². The average molecular weight is 210 g/mol. The molecule has 1 N–H and O–H groups in total. The maximum Gasteiger partial charge on any atom is 0.0834 e. The molecule has 2 atom stereocenters. The Balaban J connectivity index is 1.77. The average Bonchev–Trinajstić information content (AvgIpc) is 2.84. The molecule has 2 unspecified atom stereocenters. The van der Waals surface area contributed by atoms with E-state index in [1.165, 1.54) is 5.56 Å². The molecule has 0 amide bonds. The number of rotatable bonds is 4. The molecule has 0 aromatic carbocycles. The zero-order valence-corrected chi connectivity index (χ0v) is 9.09. The molecule has 4 heteroatoms. The number of aliphatic hydroxyl groups is 1. The van der Waals surface area contributed by atoms with Gasteiger partial charge in [0.05, 0.1) is 18.4 Å². The van der Waals surface area contributed by atoms with E-state index < -0.39 is 0 Å².